The van der Waals surface area contributed by atoms with E-state index in [-0.39, 0.29) is 0 Å². The lowest BCUT2D eigenvalue weighted by atomic mass is 9.94. The van der Waals surface area contributed by atoms with Crippen LogP contribution in [0, 0.1) is 0 Å². The molecule has 2 aliphatic rings. The normalized spacial score (nSPS) is 21.4. The average molecular weight is 245 g/mol. The third-order valence-electron chi connectivity index (χ3n) is 3.83. The van der Waals surface area contributed by atoms with Gasteiger partial charge in [-0.3, -0.25) is 0 Å². The van der Waals surface area contributed by atoms with Crippen LogP contribution >= 0.6 is 0 Å². The van der Waals surface area contributed by atoms with Crippen molar-refractivity contribution in [1.29, 1.82) is 0 Å². The topological polar surface area (TPSA) is 27.6 Å². The predicted octanol–water partition coefficient (Wildman–Crippen LogP) is 3.18. The zero-order valence-electron chi connectivity index (χ0n) is 11.5. The SMILES string of the molecule is C=CC1=C(N(C)C2CCCCC2)N=C(C)NC1=C. The molecule has 1 N–H and O–H groups in total. The highest BCUT2D eigenvalue weighted by molar-refractivity contribution is 5.85. The van der Waals surface area contributed by atoms with Crippen molar-refractivity contribution in [3.63, 3.8) is 0 Å². The Bertz CT molecular complexity index is 411. The summed E-state index contributed by atoms with van der Waals surface area (Å²) in [6.07, 6.45) is 8.40. The molecule has 0 aromatic carbocycles. The molecule has 18 heavy (non-hydrogen) atoms. The van der Waals surface area contributed by atoms with E-state index in [1.807, 2.05) is 13.0 Å². The van der Waals surface area contributed by atoms with E-state index in [1.165, 1.54) is 32.1 Å². The lowest BCUT2D eigenvalue weighted by Crippen LogP contribution is -2.36. The maximum Gasteiger partial charge on any atom is 0.139 e. The van der Waals surface area contributed by atoms with Crippen molar-refractivity contribution in [2.45, 2.75) is 45.1 Å². The van der Waals surface area contributed by atoms with Crippen LogP contribution in [-0.2, 0) is 0 Å². The molecule has 3 nitrogen and oxygen atoms in total. The Morgan fingerprint density at radius 3 is 2.61 bits per heavy atom. The van der Waals surface area contributed by atoms with Crippen molar-refractivity contribution in [2.75, 3.05) is 7.05 Å². The largest absolute Gasteiger partial charge is 0.356 e. The Balaban J connectivity index is 2.27. The summed E-state index contributed by atoms with van der Waals surface area (Å²) in [7, 11) is 2.14. The van der Waals surface area contributed by atoms with Gasteiger partial charge in [-0.25, -0.2) is 4.99 Å². The molecule has 2 rings (SSSR count). The van der Waals surface area contributed by atoms with Gasteiger partial charge < -0.3 is 10.2 Å². The van der Waals surface area contributed by atoms with Gasteiger partial charge in [-0.15, -0.1) is 0 Å². The fraction of sp³-hybridized carbons (Fsp3) is 0.533. The van der Waals surface area contributed by atoms with E-state index in [0.29, 0.717) is 6.04 Å². The maximum atomic E-state index is 4.64. The molecule has 98 valence electrons. The molecule has 1 saturated carbocycles. The monoisotopic (exact) mass is 245 g/mol. The van der Waals surface area contributed by atoms with Gasteiger partial charge >= 0.3 is 0 Å². The fourth-order valence-electron chi connectivity index (χ4n) is 2.79. The number of nitrogens with zero attached hydrogens (tertiary/aromatic N) is 2. The number of amidine groups is 1. The number of nitrogens with one attached hydrogen (secondary N) is 1. The zero-order chi connectivity index (χ0) is 13.1. The minimum Gasteiger partial charge on any atom is -0.356 e. The van der Waals surface area contributed by atoms with E-state index in [4.69, 9.17) is 0 Å². The summed E-state index contributed by atoms with van der Waals surface area (Å²) < 4.78 is 0. The molecule has 0 aromatic rings. The minimum absolute atomic E-state index is 0.603. The smallest absolute Gasteiger partial charge is 0.139 e. The number of allylic oxidation sites excluding steroid dienone is 1. The third kappa shape index (κ3) is 2.50. The predicted molar refractivity (Wildman–Crippen MR) is 77.2 cm³/mol. The van der Waals surface area contributed by atoms with E-state index < -0.39 is 0 Å². The van der Waals surface area contributed by atoms with Gasteiger partial charge in [0.05, 0.1) is 0 Å². The molecule has 1 aliphatic heterocycles. The molecule has 0 unspecified atom stereocenters. The first-order valence-electron chi connectivity index (χ1n) is 6.74. The van der Waals surface area contributed by atoms with Crippen molar-refractivity contribution in [1.82, 2.24) is 10.2 Å². The highest BCUT2D eigenvalue weighted by atomic mass is 15.2. The highest BCUT2D eigenvalue weighted by Crippen LogP contribution is 2.28. The minimum atomic E-state index is 0.603. The number of aliphatic imine (C=N–C) groups is 1. The Morgan fingerprint density at radius 1 is 1.33 bits per heavy atom. The molecular weight excluding hydrogens is 222 g/mol. The van der Waals surface area contributed by atoms with Crippen LogP contribution in [0.1, 0.15) is 39.0 Å². The molecule has 0 radical (unpaired) electrons. The van der Waals surface area contributed by atoms with Crippen LogP contribution in [0.2, 0.25) is 0 Å². The summed E-state index contributed by atoms with van der Waals surface area (Å²) in [5.41, 5.74) is 1.92. The van der Waals surface area contributed by atoms with Crippen LogP contribution in [0.15, 0.2) is 41.3 Å². The molecular formula is C15H23N3. The summed E-state index contributed by atoms with van der Waals surface area (Å²) in [5.74, 6) is 1.92. The van der Waals surface area contributed by atoms with Crippen LogP contribution in [0.3, 0.4) is 0 Å². The summed E-state index contributed by atoms with van der Waals surface area (Å²) in [5, 5.41) is 3.17. The van der Waals surface area contributed by atoms with Gasteiger partial charge in [-0.1, -0.05) is 38.5 Å². The van der Waals surface area contributed by atoms with Crippen LogP contribution in [0.25, 0.3) is 0 Å². The molecule has 0 atom stereocenters. The summed E-state index contributed by atoms with van der Waals surface area (Å²) in [6, 6.07) is 0.603. The fourth-order valence-corrected chi connectivity index (χ4v) is 2.79. The summed E-state index contributed by atoms with van der Waals surface area (Å²) in [6.45, 7) is 9.90. The van der Waals surface area contributed by atoms with Crippen LogP contribution < -0.4 is 5.32 Å². The lowest BCUT2D eigenvalue weighted by Gasteiger charge is -2.35. The van der Waals surface area contributed by atoms with Crippen molar-refractivity contribution in [3.05, 3.63) is 36.3 Å². The second kappa shape index (κ2) is 5.42. The van der Waals surface area contributed by atoms with Crippen LogP contribution in [0.5, 0.6) is 0 Å². The number of hydrogen-bond acceptors (Lipinski definition) is 3. The van der Waals surface area contributed by atoms with Gasteiger partial charge in [0.15, 0.2) is 0 Å². The van der Waals surface area contributed by atoms with Crippen molar-refractivity contribution in [2.24, 2.45) is 4.99 Å². The van der Waals surface area contributed by atoms with Gasteiger partial charge in [-0.2, -0.15) is 0 Å². The summed E-state index contributed by atoms with van der Waals surface area (Å²) >= 11 is 0. The molecule has 0 saturated heterocycles. The standard InChI is InChI=1S/C15H23N3/c1-5-14-11(2)16-12(3)17-15(14)18(4)13-9-7-6-8-10-13/h5,13H,1-2,6-10H2,3-4H3,(H,16,17). The van der Waals surface area contributed by atoms with E-state index in [0.717, 1.165) is 22.9 Å². The van der Waals surface area contributed by atoms with Gasteiger partial charge in [0, 0.05) is 24.4 Å². The van der Waals surface area contributed by atoms with Crippen LogP contribution in [-0.4, -0.2) is 23.8 Å². The Labute approximate surface area is 110 Å². The number of hydrogen-bond donors (Lipinski definition) is 1. The molecule has 3 heteroatoms. The van der Waals surface area contributed by atoms with Gasteiger partial charge in [0.2, 0.25) is 0 Å². The highest BCUT2D eigenvalue weighted by Gasteiger charge is 2.24. The second-order valence-electron chi connectivity index (χ2n) is 5.14. The number of rotatable bonds is 3. The Hall–Kier alpha value is -1.51. The van der Waals surface area contributed by atoms with Crippen LogP contribution in [0.4, 0.5) is 0 Å². The van der Waals surface area contributed by atoms with Crippen molar-refractivity contribution < 1.29 is 0 Å². The van der Waals surface area contributed by atoms with Gasteiger partial charge in [-0.05, 0) is 19.8 Å². The first-order valence-corrected chi connectivity index (χ1v) is 6.74. The third-order valence-corrected chi connectivity index (χ3v) is 3.83. The average Bonchev–Trinajstić information content (AvgIpc) is 2.38. The first-order chi connectivity index (χ1) is 8.63. The van der Waals surface area contributed by atoms with E-state index in [1.54, 1.807) is 0 Å². The van der Waals surface area contributed by atoms with E-state index in [2.05, 4.69) is 35.4 Å². The van der Waals surface area contributed by atoms with Gasteiger partial charge in [0.1, 0.15) is 11.7 Å². The van der Waals surface area contributed by atoms with Gasteiger partial charge in [0.25, 0.3) is 0 Å². The first kappa shape index (κ1) is 12.9. The lowest BCUT2D eigenvalue weighted by molar-refractivity contribution is 0.233. The Morgan fingerprint density at radius 2 is 2.00 bits per heavy atom. The van der Waals surface area contributed by atoms with Crippen molar-refractivity contribution >= 4 is 5.84 Å². The van der Waals surface area contributed by atoms with E-state index in [9.17, 15) is 0 Å². The van der Waals surface area contributed by atoms with E-state index >= 15 is 0 Å². The molecule has 0 bridgehead atoms. The molecule has 1 aliphatic carbocycles. The molecule has 0 amide bonds. The maximum absolute atomic E-state index is 4.64. The second-order valence-corrected chi connectivity index (χ2v) is 5.14. The summed E-state index contributed by atoms with van der Waals surface area (Å²) in [4.78, 5) is 6.95. The molecule has 1 fully saturated rings. The molecule has 0 aromatic heterocycles. The zero-order valence-corrected chi connectivity index (χ0v) is 11.5. The quantitative estimate of drug-likeness (QED) is 0.827. The van der Waals surface area contributed by atoms with Crippen molar-refractivity contribution in [3.8, 4) is 0 Å². The Kier molecular flexibility index (Phi) is 3.90. The molecule has 1 heterocycles. The molecule has 0 spiro atoms.